The Balaban J connectivity index is 1.91. The number of amides is 1. The summed E-state index contributed by atoms with van der Waals surface area (Å²) in [5.74, 6) is -2.08. The summed E-state index contributed by atoms with van der Waals surface area (Å²) in [5.41, 5.74) is 0.346. The number of nitrogens with one attached hydrogen (secondary N) is 1. The van der Waals surface area contributed by atoms with Gasteiger partial charge in [-0.1, -0.05) is 6.92 Å². The molecule has 10 heteroatoms. The molecule has 29 heavy (non-hydrogen) atoms. The Morgan fingerprint density at radius 2 is 2.00 bits per heavy atom. The summed E-state index contributed by atoms with van der Waals surface area (Å²) in [5, 5.41) is 13.4. The lowest BCUT2D eigenvalue weighted by Gasteiger charge is -2.17. The van der Waals surface area contributed by atoms with Gasteiger partial charge in [0.1, 0.15) is 17.3 Å². The largest absolute Gasteiger partial charge is 0.497 e. The van der Waals surface area contributed by atoms with E-state index in [1.807, 2.05) is 0 Å². The molecule has 1 aromatic carbocycles. The van der Waals surface area contributed by atoms with Gasteiger partial charge in [-0.3, -0.25) is 24.5 Å². The van der Waals surface area contributed by atoms with Crippen LogP contribution in [0.1, 0.15) is 19.8 Å². The van der Waals surface area contributed by atoms with Crippen LogP contribution in [0.5, 0.6) is 11.5 Å². The number of ether oxygens (including phenoxy) is 3. The molecule has 158 valence electrons. The topological polar surface area (TPSA) is 134 Å². The summed E-state index contributed by atoms with van der Waals surface area (Å²) in [7, 11) is 2.92. The number of Topliss-reactive ketones (excluding diaryl/α,β-unsaturated/α-hetero) is 1. The Kier molecular flexibility index (Phi) is 7.52. The number of nitrogens with zero attached hydrogens (tertiary/aromatic N) is 1. The Labute approximate surface area is 167 Å². The lowest BCUT2D eigenvalue weighted by atomic mass is 9.88. The highest BCUT2D eigenvalue weighted by Crippen LogP contribution is 2.36. The van der Waals surface area contributed by atoms with Crippen LogP contribution in [0.3, 0.4) is 0 Å². The molecule has 0 spiro atoms. The van der Waals surface area contributed by atoms with Crippen LogP contribution in [-0.2, 0) is 19.1 Å². The van der Waals surface area contributed by atoms with E-state index >= 15 is 0 Å². The van der Waals surface area contributed by atoms with Crippen LogP contribution in [0.25, 0.3) is 0 Å². The van der Waals surface area contributed by atoms with Gasteiger partial charge in [0, 0.05) is 29.2 Å². The van der Waals surface area contributed by atoms with Crippen LogP contribution in [0.2, 0.25) is 0 Å². The van der Waals surface area contributed by atoms with E-state index in [0.717, 1.165) is 0 Å². The molecule has 1 amide bonds. The van der Waals surface area contributed by atoms with Gasteiger partial charge in [0.15, 0.2) is 6.61 Å². The molecule has 0 unspecified atom stereocenters. The lowest BCUT2D eigenvalue weighted by Crippen LogP contribution is -2.28. The average Bonchev–Trinajstić information content (AvgIpc) is 2.92. The van der Waals surface area contributed by atoms with E-state index in [2.05, 4.69) is 5.32 Å². The normalized spacial score (nSPS) is 20.8. The molecule has 10 nitrogen and oxygen atoms in total. The molecule has 2 rings (SSSR count). The van der Waals surface area contributed by atoms with Crippen molar-refractivity contribution in [1.82, 2.24) is 0 Å². The Hall–Kier alpha value is -3.17. The molecule has 1 N–H and O–H groups in total. The van der Waals surface area contributed by atoms with Crippen molar-refractivity contribution in [2.24, 2.45) is 17.8 Å². The molecule has 0 aliphatic heterocycles. The van der Waals surface area contributed by atoms with Crippen molar-refractivity contribution in [2.45, 2.75) is 19.8 Å². The van der Waals surface area contributed by atoms with Crippen molar-refractivity contribution in [3.8, 4) is 11.5 Å². The number of hydrogen-bond donors (Lipinski definition) is 1. The fraction of sp³-hybridized carbons (Fsp3) is 0.526. The SMILES string of the molecule is COc1ccc(OC)c(NC(=O)COC(=O)C[C@@H]2C(=O)C[C@@H](C)[C@H]2C[N+](=O)[O-])c1. The fourth-order valence-electron chi connectivity index (χ4n) is 3.48. The molecule has 3 atom stereocenters. The maximum Gasteiger partial charge on any atom is 0.307 e. The van der Waals surface area contributed by atoms with Gasteiger partial charge < -0.3 is 19.5 Å². The van der Waals surface area contributed by atoms with Crippen molar-refractivity contribution in [1.29, 1.82) is 0 Å². The van der Waals surface area contributed by atoms with Gasteiger partial charge in [-0.15, -0.1) is 0 Å². The number of methoxy groups -OCH3 is 2. The van der Waals surface area contributed by atoms with Gasteiger partial charge in [-0.25, -0.2) is 0 Å². The number of hydrogen-bond acceptors (Lipinski definition) is 8. The lowest BCUT2D eigenvalue weighted by molar-refractivity contribution is -0.490. The van der Waals surface area contributed by atoms with Crippen LogP contribution in [-0.4, -0.2) is 50.0 Å². The third-order valence-corrected chi connectivity index (χ3v) is 4.98. The van der Waals surface area contributed by atoms with Crippen molar-refractivity contribution >= 4 is 23.3 Å². The Morgan fingerprint density at radius 1 is 1.28 bits per heavy atom. The van der Waals surface area contributed by atoms with E-state index in [1.54, 1.807) is 25.1 Å². The molecular formula is C19H24N2O8. The number of ketones is 1. The van der Waals surface area contributed by atoms with Crippen molar-refractivity contribution in [2.75, 3.05) is 32.7 Å². The molecule has 1 fully saturated rings. The molecule has 1 saturated carbocycles. The summed E-state index contributed by atoms with van der Waals surface area (Å²) < 4.78 is 15.2. The summed E-state index contributed by atoms with van der Waals surface area (Å²) in [6.07, 6.45) is -0.0794. The standard InChI is InChI=1S/C19H24N2O8/c1-11-6-16(22)13(14(11)9-21(25)26)8-19(24)29-10-18(23)20-15-7-12(27-2)4-5-17(15)28-3/h4-5,7,11,13-14H,6,8-10H2,1-3H3,(H,20,23)/t11-,13+,14-/m1/s1. The molecule has 0 bridgehead atoms. The van der Waals surface area contributed by atoms with Crippen molar-refractivity contribution in [3.05, 3.63) is 28.3 Å². The molecule has 0 saturated heterocycles. The number of esters is 1. The minimum absolute atomic E-state index is 0.172. The first-order valence-corrected chi connectivity index (χ1v) is 9.07. The van der Waals surface area contributed by atoms with Gasteiger partial charge in [0.25, 0.3) is 5.91 Å². The van der Waals surface area contributed by atoms with E-state index in [9.17, 15) is 24.5 Å². The van der Waals surface area contributed by atoms with E-state index in [4.69, 9.17) is 14.2 Å². The number of rotatable bonds is 9. The smallest absolute Gasteiger partial charge is 0.307 e. The molecule has 1 aromatic rings. The van der Waals surface area contributed by atoms with Crippen LogP contribution < -0.4 is 14.8 Å². The first-order chi connectivity index (χ1) is 13.7. The minimum Gasteiger partial charge on any atom is -0.497 e. The number of carbonyl (C=O) groups excluding carboxylic acids is 3. The summed E-state index contributed by atoms with van der Waals surface area (Å²) in [4.78, 5) is 46.6. The van der Waals surface area contributed by atoms with Crippen LogP contribution >= 0.6 is 0 Å². The van der Waals surface area contributed by atoms with Gasteiger partial charge in [-0.2, -0.15) is 0 Å². The first-order valence-electron chi connectivity index (χ1n) is 9.07. The van der Waals surface area contributed by atoms with Crippen LogP contribution in [0, 0.1) is 27.9 Å². The third-order valence-electron chi connectivity index (χ3n) is 4.98. The van der Waals surface area contributed by atoms with Crippen LogP contribution in [0.15, 0.2) is 18.2 Å². The predicted octanol–water partition coefficient (Wildman–Crippen LogP) is 1.69. The zero-order valence-electron chi connectivity index (χ0n) is 16.5. The third kappa shape index (κ3) is 5.90. The molecule has 1 aliphatic carbocycles. The summed E-state index contributed by atoms with van der Waals surface area (Å²) in [6.45, 7) is 0.822. The molecule has 1 aliphatic rings. The van der Waals surface area contributed by atoms with E-state index in [-0.39, 0.29) is 31.1 Å². The Morgan fingerprint density at radius 3 is 2.62 bits per heavy atom. The maximum atomic E-state index is 12.1. The highest BCUT2D eigenvalue weighted by atomic mass is 16.6. The zero-order valence-corrected chi connectivity index (χ0v) is 16.5. The second-order valence-corrected chi connectivity index (χ2v) is 6.91. The number of benzene rings is 1. The highest BCUT2D eigenvalue weighted by molar-refractivity contribution is 5.94. The second-order valence-electron chi connectivity index (χ2n) is 6.91. The van der Waals surface area contributed by atoms with Gasteiger partial charge >= 0.3 is 5.97 Å². The summed E-state index contributed by atoms with van der Waals surface area (Å²) in [6, 6.07) is 4.83. The maximum absolute atomic E-state index is 12.1. The molecule has 0 aromatic heterocycles. The monoisotopic (exact) mass is 408 g/mol. The second kappa shape index (κ2) is 9.85. The van der Waals surface area contributed by atoms with Crippen LogP contribution in [0.4, 0.5) is 5.69 Å². The van der Waals surface area contributed by atoms with Gasteiger partial charge in [-0.05, 0) is 18.1 Å². The van der Waals surface area contributed by atoms with Gasteiger partial charge in [0.2, 0.25) is 6.54 Å². The zero-order chi connectivity index (χ0) is 21.6. The predicted molar refractivity (Wildman–Crippen MR) is 101 cm³/mol. The number of nitro groups is 1. The Bertz CT molecular complexity index is 794. The van der Waals surface area contributed by atoms with E-state index in [0.29, 0.717) is 17.2 Å². The number of carbonyl (C=O) groups is 3. The highest BCUT2D eigenvalue weighted by Gasteiger charge is 2.44. The molecule has 0 heterocycles. The van der Waals surface area contributed by atoms with E-state index in [1.165, 1.54) is 14.2 Å². The minimum atomic E-state index is -0.760. The number of anilines is 1. The van der Waals surface area contributed by atoms with Crippen molar-refractivity contribution < 1.29 is 33.5 Å². The molecule has 0 radical (unpaired) electrons. The molecular weight excluding hydrogens is 384 g/mol. The van der Waals surface area contributed by atoms with Crippen molar-refractivity contribution in [3.63, 3.8) is 0 Å². The average molecular weight is 408 g/mol. The van der Waals surface area contributed by atoms with E-state index < -0.39 is 35.2 Å². The fourth-order valence-corrected chi connectivity index (χ4v) is 3.48. The van der Waals surface area contributed by atoms with Gasteiger partial charge in [0.05, 0.1) is 26.3 Å². The first kappa shape index (κ1) is 22.1. The quantitative estimate of drug-likeness (QED) is 0.371. The summed E-state index contributed by atoms with van der Waals surface area (Å²) >= 11 is 0.